The van der Waals surface area contributed by atoms with E-state index in [0.717, 1.165) is 5.56 Å². The number of hydrogen-bond acceptors (Lipinski definition) is 4. The Morgan fingerprint density at radius 1 is 1.29 bits per heavy atom. The predicted molar refractivity (Wildman–Crippen MR) is 104 cm³/mol. The first kappa shape index (κ1) is 21.4. The van der Waals surface area contributed by atoms with Gasteiger partial charge in [0.05, 0.1) is 19.1 Å². The van der Waals surface area contributed by atoms with Crippen LogP contribution in [0.2, 0.25) is 0 Å². The van der Waals surface area contributed by atoms with Crippen molar-refractivity contribution in [3.8, 4) is 0 Å². The van der Waals surface area contributed by atoms with Crippen LogP contribution in [0.5, 0.6) is 0 Å². The van der Waals surface area contributed by atoms with E-state index in [-0.39, 0.29) is 42.0 Å². The van der Waals surface area contributed by atoms with E-state index in [1.807, 2.05) is 35.2 Å². The first-order chi connectivity index (χ1) is 13.3. The Kier molecular flexibility index (Phi) is 7.17. The molecule has 0 unspecified atom stereocenters. The Morgan fingerprint density at radius 3 is 2.46 bits per heavy atom. The maximum Gasteiger partial charge on any atom is 0.290 e. The van der Waals surface area contributed by atoms with Gasteiger partial charge in [-0.3, -0.25) is 19.5 Å². The van der Waals surface area contributed by atoms with Crippen LogP contribution in [-0.2, 0) is 20.7 Å². The number of aromatic amines is 2. The minimum absolute atomic E-state index is 0.0522. The van der Waals surface area contributed by atoms with Gasteiger partial charge in [-0.15, -0.1) is 0 Å². The van der Waals surface area contributed by atoms with E-state index < -0.39 is 0 Å². The van der Waals surface area contributed by atoms with Crippen LogP contribution in [0.4, 0.5) is 0 Å². The van der Waals surface area contributed by atoms with Crippen LogP contribution in [0.1, 0.15) is 38.0 Å². The highest BCUT2D eigenvalue weighted by Gasteiger charge is 2.37. The molecule has 8 nitrogen and oxygen atoms in total. The maximum absolute atomic E-state index is 12.8. The highest BCUT2D eigenvalue weighted by Crippen LogP contribution is 2.33. The summed E-state index contributed by atoms with van der Waals surface area (Å²) in [5.41, 5.74) is 1.19. The second-order valence-electron chi connectivity index (χ2n) is 7.74. The summed E-state index contributed by atoms with van der Waals surface area (Å²) in [6, 6.07) is 9.97. The molecular weight excluding hydrogens is 362 g/mol. The summed E-state index contributed by atoms with van der Waals surface area (Å²) in [6.45, 7) is 7.13. The first-order valence-electron chi connectivity index (χ1n) is 9.07. The lowest BCUT2D eigenvalue weighted by Gasteiger charge is -2.43. The number of morpholine rings is 1. The summed E-state index contributed by atoms with van der Waals surface area (Å²) in [5, 5.41) is 12.0. The zero-order valence-electron chi connectivity index (χ0n) is 16.3. The second-order valence-corrected chi connectivity index (χ2v) is 7.74. The molecule has 3 N–H and O–H groups in total. The third-order valence-corrected chi connectivity index (χ3v) is 4.66. The third kappa shape index (κ3) is 5.56. The molecule has 1 aliphatic rings. The van der Waals surface area contributed by atoms with Crippen molar-refractivity contribution in [3.05, 3.63) is 58.0 Å². The molecule has 1 fully saturated rings. The number of nitrogens with zero attached hydrogens (tertiary/aromatic N) is 1. The molecule has 0 bridgehead atoms. The van der Waals surface area contributed by atoms with E-state index in [9.17, 15) is 9.59 Å². The molecule has 0 spiro atoms. The Balaban J connectivity index is 0.000000878. The summed E-state index contributed by atoms with van der Waals surface area (Å²) in [6.07, 6.45) is 1.42. The van der Waals surface area contributed by atoms with Gasteiger partial charge in [0.25, 0.3) is 12.0 Å². The average Bonchev–Trinajstić information content (AvgIpc) is 3.06. The van der Waals surface area contributed by atoms with Crippen LogP contribution < -0.4 is 5.56 Å². The molecule has 2 atom stereocenters. The number of carboxylic acid groups (broad SMARTS) is 1. The number of nitrogens with one attached hydrogen (secondary N) is 2. The fourth-order valence-corrected chi connectivity index (χ4v) is 3.03. The number of carbonyl (C=O) groups excluding carboxylic acids is 1. The standard InChI is InChI=1S/C19H25N3O3.CH2O2/c1-19(2,3)16-12-22(17(23)9-14-10-20-21-18(14)24)11-15(25-16)13-7-5-4-6-8-13;2-1-3/h4-8,10,15-16H,9,11-12H2,1-3H3,(H2,20,21,24);1H,(H,2,3)/t15-,16+;/m0./s1. The molecule has 2 heterocycles. The highest BCUT2D eigenvalue weighted by molar-refractivity contribution is 5.78. The highest BCUT2D eigenvalue weighted by atomic mass is 16.5. The molecule has 1 saturated heterocycles. The normalized spacial score (nSPS) is 19.5. The number of ether oxygens (including phenoxy) is 1. The minimum Gasteiger partial charge on any atom is -0.483 e. The Morgan fingerprint density at radius 2 is 1.93 bits per heavy atom. The third-order valence-electron chi connectivity index (χ3n) is 4.66. The van der Waals surface area contributed by atoms with E-state index >= 15 is 0 Å². The van der Waals surface area contributed by atoms with Gasteiger partial charge in [-0.25, -0.2) is 0 Å². The number of benzene rings is 1. The molecule has 2 aromatic rings. The van der Waals surface area contributed by atoms with Gasteiger partial charge in [0.15, 0.2) is 0 Å². The Bertz CT molecular complexity index is 822. The largest absolute Gasteiger partial charge is 0.483 e. The van der Waals surface area contributed by atoms with Crippen molar-refractivity contribution in [1.29, 1.82) is 0 Å². The van der Waals surface area contributed by atoms with Gasteiger partial charge in [-0.05, 0) is 11.0 Å². The molecule has 1 amide bonds. The van der Waals surface area contributed by atoms with Gasteiger partial charge >= 0.3 is 0 Å². The lowest BCUT2D eigenvalue weighted by atomic mass is 9.87. The molecule has 0 saturated carbocycles. The van der Waals surface area contributed by atoms with Crippen LogP contribution >= 0.6 is 0 Å². The quantitative estimate of drug-likeness (QED) is 0.694. The van der Waals surface area contributed by atoms with Crippen LogP contribution in [-0.4, -0.2) is 51.8 Å². The molecule has 28 heavy (non-hydrogen) atoms. The fourth-order valence-electron chi connectivity index (χ4n) is 3.03. The molecule has 1 aromatic heterocycles. The zero-order chi connectivity index (χ0) is 20.7. The number of aromatic nitrogens is 2. The topological polar surface area (TPSA) is 115 Å². The van der Waals surface area contributed by atoms with Crippen molar-refractivity contribution in [2.24, 2.45) is 5.41 Å². The summed E-state index contributed by atoms with van der Waals surface area (Å²) in [5.74, 6) is -0.0522. The number of amides is 1. The molecule has 0 aliphatic carbocycles. The molecule has 0 radical (unpaired) electrons. The molecular formula is C20H27N3O5. The lowest BCUT2D eigenvalue weighted by Crippen LogP contribution is -2.51. The van der Waals surface area contributed by atoms with Crippen LogP contribution in [0.15, 0.2) is 41.3 Å². The number of carbonyl (C=O) groups is 2. The van der Waals surface area contributed by atoms with Crippen molar-refractivity contribution in [2.75, 3.05) is 13.1 Å². The van der Waals surface area contributed by atoms with Gasteiger partial charge in [0.2, 0.25) is 5.91 Å². The molecule has 3 rings (SSSR count). The van der Waals surface area contributed by atoms with E-state index in [1.54, 1.807) is 6.20 Å². The number of rotatable bonds is 3. The van der Waals surface area contributed by atoms with Crippen molar-refractivity contribution in [3.63, 3.8) is 0 Å². The SMILES string of the molecule is CC(C)(C)[C@H]1CN(C(=O)Cc2c[nH][nH]c2=O)C[C@@H](c2ccccc2)O1.O=CO. The second kappa shape index (κ2) is 9.36. The van der Waals surface area contributed by atoms with Gasteiger partial charge in [-0.2, -0.15) is 0 Å². The van der Waals surface area contributed by atoms with Crippen LogP contribution in [0.3, 0.4) is 0 Å². The van der Waals surface area contributed by atoms with E-state index in [4.69, 9.17) is 14.6 Å². The molecule has 1 aliphatic heterocycles. The van der Waals surface area contributed by atoms with E-state index in [0.29, 0.717) is 18.7 Å². The number of hydrogen-bond donors (Lipinski definition) is 3. The van der Waals surface area contributed by atoms with E-state index in [2.05, 4.69) is 31.0 Å². The van der Waals surface area contributed by atoms with Crippen LogP contribution in [0.25, 0.3) is 0 Å². The monoisotopic (exact) mass is 389 g/mol. The van der Waals surface area contributed by atoms with Gasteiger partial charge in [0, 0.05) is 18.3 Å². The average molecular weight is 389 g/mol. The first-order valence-corrected chi connectivity index (χ1v) is 9.07. The zero-order valence-corrected chi connectivity index (χ0v) is 16.3. The van der Waals surface area contributed by atoms with Crippen molar-refractivity contribution >= 4 is 12.4 Å². The van der Waals surface area contributed by atoms with Gasteiger partial charge in [-0.1, -0.05) is 51.1 Å². The molecule has 1 aromatic carbocycles. The van der Waals surface area contributed by atoms with Crippen molar-refractivity contribution in [2.45, 2.75) is 39.4 Å². The summed E-state index contributed by atoms with van der Waals surface area (Å²) in [7, 11) is 0. The lowest BCUT2D eigenvalue weighted by molar-refractivity contribution is -0.156. The van der Waals surface area contributed by atoms with Gasteiger partial charge < -0.3 is 19.8 Å². The summed E-state index contributed by atoms with van der Waals surface area (Å²) < 4.78 is 6.31. The summed E-state index contributed by atoms with van der Waals surface area (Å²) in [4.78, 5) is 34.6. The fraction of sp³-hybridized carbons (Fsp3) is 0.450. The molecule has 152 valence electrons. The minimum atomic E-state index is -0.250. The van der Waals surface area contributed by atoms with E-state index in [1.165, 1.54) is 0 Å². The summed E-state index contributed by atoms with van der Waals surface area (Å²) >= 11 is 0. The predicted octanol–water partition coefficient (Wildman–Crippen LogP) is 1.96. The van der Waals surface area contributed by atoms with Crippen molar-refractivity contribution < 1.29 is 19.4 Å². The smallest absolute Gasteiger partial charge is 0.290 e. The van der Waals surface area contributed by atoms with Crippen LogP contribution in [0, 0.1) is 5.41 Å². The van der Waals surface area contributed by atoms with Gasteiger partial charge in [0.1, 0.15) is 6.10 Å². The Labute approximate surface area is 163 Å². The maximum atomic E-state index is 12.8. The van der Waals surface area contributed by atoms with Crippen molar-refractivity contribution in [1.82, 2.24) is 15.1 Å². The Hall–Kier alpha value is -2.87. The number of H-pyrrole nitrogens is 2. The molecule has 8 heteroatoms.